The normalized spacial score (nSPS) is 10.8. The molecule has 0 radical (unpaired) electrons. The number of carbonyl (C=O) groups excluding carboxylic acids is 1. The number of H-pyrrole nitrogens is 1. The van der Waals surface area contributed by atoms with Crippen molar-refractivity contribution < 1.29 is 4.79 Å². The molecule has 3 rings (SSSR count). The number of aromatic amines is 1. The third-order valence-electron chi connectivity index (χ3n) is 3.26. The Morgan fingerprint density at radius 2 is 1.84 bits per heavy atom. The molecular weight excluding hydrogens is 302 g/mol. The van der Waals surface area contributed by atoms with E-state index in [2.05, 4.69) is 20.9 Å². The minimum Gasteiger partial charge on any atom is -0.354 e. The second-order valence-electron chi connectivity index (χ2n) is 4.59. The van der Waals surface area contributed by atoms with Crippen LogP contribution in [0.2, 0.25) is 0 Å². The maximum atomic E-state index is 11.4. The molecule has 1 N–H and O–H groups in total. The molecule has 0 unspecified atom stereocenters. The predicted molar refractivity (Wildman–Crippen MR) is 81.6 cm³/mol. The van der Waals surface area contributed by atoms with E-state index in [1.807, 2.05) is 49.4 Å². The quantitative estimate of drug-likeness (QED) is 0.682. The Hall–Kier alpha value is -1.87. The summed E-state index contributed by atoms with van der Waals surface area (Å²) in [7, 11) is 0. The molecule has 0 saturated carbocycles. The van der Waals surface area contributed by atoms with E-state index < -0.39 is 0 Å². The van der Waals surface area contributed by atoms with Gasteiger partial charge in [-0.15, -0.1) is 0 Å². The summed E-state index contributed by atoms with van der Waals surface area (Å²) in [6.07, 6.45) is 0.917. The van der Waals surface area contributed by atoms with Crippen LogP contribution in [0.3, 0.4) is 0 Å². The maximum Gasteiger partial charge on any atom is 0.152 e. The lowest BCUT2D eigenvalue weighted by Gasteiger charge is -2.00. The molecule has 2 aromatic carbocycles. The van der Waals surface area contributed by atoms with Gasteiger partial charge in [0, 0.05) is 20.9 Å². The van der Waals surface area contributed by atoms with Crippen molar-refractivity contribution in [1.29, 1.82) is 0 Å². The third kappa shape index (κ3) is 2.10. The highest BCUT2D eigenvalue weighted by atomic mass is 79.9. The van der Waals surface area contributed by atoms with Gasteiger partial charge in [0.2, 0.25) is 0 Å². The standard InChI is InChI=1S/C16H12BrNO/c1-10-2-4-11(5-3-10)16-14(9-19)13-8-12(17)6-7-15(13)18-16/h2-9,18H,1H3. The highest BCUT2D eigenvalue weighted by Gasteiger charge is 2.12. The van der Waals surface area contributed by atoms with Crippen molar-refractivity contribution in [2.24, 2.45) is 0 Å². The van der Waals surface area contributed by atoms with E-state index in [1.54, 1.807) is 0 Å². The molecule has 3 heteroatoms. The number of rotatable bonds is 2. The molecule has 0 bridgehead atoms. The number of halogens is 1. The third-order valence-corrected chi connectivity index (χ3v) is 3.75. The fourth-order valence-corrected chi connectivity index (χ4v) is 2.62. The van der Waals surface area contributed by atoms with Gasteiger partial charge in [0.25, 0.3) is 0 Å². The first-order chi connectivity index (χ1) is 9.19. The van der Waals surface area contributed by atoms with Crippen molar-refractivity contribution in [3.63, 3.8) is 0 Å². The Morgan fingerprint density at radius 3 is 2.53 bits per heavy atom. The van der Waals surface area contributed by atoms with Gasteiger partial charge in [-0.1, -0.05) is 45.8 Å². The Labute approximate surface area is 119 Å². The van der Waals surface area contributed by atoms with E-state index in [4.69, 9.17) is 0 Å². The minimum absolute atomic E-state index is 0.708. The predicted octanol–water partition coefficient (Wildman–Crippen LogP) is 4.72. The lowest BCUT2D eigenvalue weighted by Crippen LogP contribution is -1.84. The number of aryl methyl sites for hydroxylation is 1. The molecule has 0 aliphatic heterocycles. The first kappa shape index (κ1) is 12.2. The molecule has 0 saturated heterocycles. The zero-order valence-corrected chi connectivity index (χ0v) is 12.0. The number of carbonyl (C=O) groups is 1. The highest BCUT2D eigenvalue weighted by Crippen LogP contribution is 2.30. The summed E-state index contributed by atoms with van der Waals surface area (Å²) in [5, 5.41) is 0.944. The van der Waals surface area contributed by atoms with Crippen molar-refractivity contribution in [3.05, 3.63) is 58.1 Å². The van der Waals surface area contributed by atoms with Gasteiger partial charge in [-0.05, 0) is 30.7 Å². The molecular formula is C16H12BrNO. The van der Waals surface area contributed by atoms with E-state index in [0.29, 0.717) is 5.56 Å². The van der Waals surface area contributed by atoms with E-state index >= 15 is 0 Å². The molecule has 1 aromatic heterocycles. The van der Waals surface area contributed by atoms with Gasteiger partial charge in [0.15, 0.2) is 6.29 Å². The molecule has 19 heavy (non-hydrogen) atoms. The molecule has 0 atom stereocenters. The zero-order valence-electron chi connectivity index (χ0n) is 10.4. The Kier molecular flexibility index (Phi) is 2.99. The highest BCUT2D eigenvalue weighted by molar-refractivity contribution is 9.10. The minimum atomic E-state index is 0.708. The first-order valence-electron chi connectivity index (χ1n) is 6.02. The number of aromatic nitrogens is 1. The zero-order chi connectivity index (χ0) is 13.4. The van der Waals surface area contributed by atoms with E-state index in [0.717, 1.165) is 32.9 Å². The number of hydrogen-bond donors (Lipinski definition) is 1. The topological polar surface area (TPSA) is 32.9 Å². The summed E-state index contributed by atoms with van der Waals surface area (Å²) in [6.45, 7) is 2.05. The molecule has 0 aliphatic carbocycles. The van der Waals surface area contributed by atoms with Gasteiger partial charge >= 0.3 is 0 Å². The largest absolute Gasteiger partial charge is 0.354 e. The molecule has 0 spiro atoms. The molecule has 2 nitrogen and oxygen atoms in total. The first-order valence-corrected chi connectivity index (χ1v) is 6.82. The summed E-state index contributed by atoms with van der Waals surface area (Å²) in [4.78, 5) is 14.7. The van der Waals surface area contributed by atoms with Gasteiger partial charge in [-0.25, -0.2) is 0 Å². The van der Waals surface area contributed by atoms with Crippen LogP contribution in [-0.2, 0) is 0 Å². The smallest absolute Gasteiger partial charge is 0.152 e. The van der Waals surface area contributed by atoms with Gasteiger partial charge in [-0.3, -0.25) is 4.79 Å². The van der Waals surface area contributed by atoms with Crippen LogP contribution < -0.4 is 0 Å². The lowest BCUT2D eigenvalue weighted by molar-refractivity contribution is 0.112. The summed E-state index contributed by atoms with van der Waals surface area (Å²) >= 11 is 3.44. The van der Waals surface area contributed by atoms with Gasteiger partial charge in [0.1, 0.15) is 0 Å². The van der Waals surface area contributed by atoms with Crippen LogP contribution in [0, 0.1) is 6.92 Å². The second kappa shape index (κ2) is 4.67. The summed E-state index contributed by atoms with van der Waals surface area (Å²) in [6, 6.07) is 14.1. The number of fused-ring (bicyclic) bond motifs is 1. The second-order valence-corrected chi connectivity index (χ2v) is 5.50. The summed E-state index contributed by atoms with van der Waals surface area (Å²) in [5.74, 6) is 0. The average molecular weight is 314 g/mol. The van der Waals surface area contributed by atoms with Crippen LogP contribution in [0.4, 0.5) is 0 Å². The van der Waals surface area contributed by atoms with Crippen molar-refractivity contribution in [2.45, 2.75) is 6.92 Å². The van der Waals surface area contributed by atoms with Crippen molar-refractivity contribution in [3.8, 4) is 11.3 Å². The van der Waals surface area contributed by atoms with E-state index in [9.17, 15) is 4.79 Å². The number of nitrogens with one attached hydrogen (secondary N) is 1. The van der Waals surface area contributed by atoms with Crippen LogP contribution >= 0.6 is 15.9 Å². The average Bonchev–Trinajstić information content (AvgIpc) is 2.77. The Bertz CT molecular complexity index is 756. The molecule has 1 heterocycles. The maximum absolute atomic E-state index is 11.4. The van der Waals surface area contributed by atoms with Crippen molar-refractivity contribution in [1.82, 2.24) is 4.98 Å². The van der Waals surface area contributed by atoms with Gasteiger partial charge < -0.3 is 4.98 Å². The van der Waals surface area contributed by atoms with Crippen LogP contribution in [0.25, 0.3) is 22.2 Å². The summed E-state index contributed by atoms with van der Waals surface area (Å²) < 4.78 is 0.970. The number of benzene rings is 2. The Balaban J connectivity index is 2.28. The fourth-order valence-electron chi connectivity index (χ4n) is 2.26. The SMILES string of the molecule is Cc1ccc(-c2[nH]c3ccc(Br)cc3c2C=O)cc1. The van der Waals surface area contributed by atoms with Crippen LogP contribution in [0.5, 0.6) is 0 Å². The number of hydrogen-bond acceptors (Lipinski definition) is 1. The van der Waals surface area contributed by atoms with Crippen LogP contribution in [0.15, 0.2) is 46.9 Å². The van der Waals surface area contributed by atoms with E-state index in [1.165, 1.54) is 5.56 Å². The summed E-state index contributed by atoms with van der Waals surface area (Å²) in [5.41, 5.74) is 4.79. The molecule has 0 aliphatic rings. The molecule has 3 aromatic rings. The lowest BCUT2D eigenvalue weighted by atomic mass is 10.1. The molecule has 0 fully saturated rings. The molecule has 0 amide bonds. The van der Waals surface area contributed by atoms with Gasteiger partial charge in [-0.2, -0.15) is 0 Å². The van der Waals surface area contributed by atoms with Crippen molar-refractivity contribution >= 4 is 33.1 Å². The van der Waals surface area contributed by atoms with Gasteiger partial charge in [0.05, 0.1) is 5.69 Å². The van der Waals surface area contributed by atoms with E-state index in [-0.39, 0.29) is 0 Å². The molecule has 94 valence electrons. The van der Waals surface area contributed by atoms with Crippen LogP contribution in [0.1, 0.15) is 15.9 Å². The fraction of sp³-hybridized carbons (Fsp3) is 0.0625. The van der Waals surface area contributed by atoms with Crippen LogP contribution in [-0.4, -0.2) is 11.3 Å². The number of aldehydes is 1. The van der Waals surface area contributed by atoms with Crippen molar-refractivity contribution in [2.75, 3.05) is 0 Å². The Morgan fingerprint density at radius 1 is 1.11 bits per heavy atom. The monoisotopic (exact) mass is 313 g/mol.